The molecule has 0 aliphatic rings. The van der Waals surface area contributed by atoms with Gasteiger partial charge >= 0.3 is 0 Å². The van der Waals surface area contributed by atoms with Gasteiger partial charge in [-0.2, -0.15) is 0 Å². The van der Waals surface area contributed by atoms with Gasteiger partial charge in [0.05, 0.1) is 12.9 Å². The normalized spacial score (nSPS) is 12.2. The Morgan fingerprint density at radius 2 is 1.88 bits per heavy atom. The molecule has 0 aliphatic heterocycles. The molecule has 0 rings (SSSR count). The molecule has 0 unspecified atom stereocenters. The van der Waals surface area contributed by atoms with E-state index in [1.54, 1.807) is 0 Å². The zero-order chi connectivity index (χ0) is 12.4. The van der Waals surface area contributed by atoms with Crippen molar-refractivity contribution in [3.05, 3.63) is 0 Å². The van der Waals surface area contributed by atoms with E-state index in [9.17, 15) is 8.42 Å². The molecule has 0 saturated heterocycles. The second kappa shape index (κ2) is 8.92. The SMILES string of the molecule is CC(C)COCCNCCCNS(C)(=O)=O. The van der Waals surface area contributed by atoms with E-state index >= 15 is 0 Å². The van der Waals surface area contributed by atoms with Crippen molar-refractivity contribution in [2.75, 3.05) is 39.1 Å². The van der Waals surface area contributed by atoms with Crippen molar-refractivity contribution in [2.45, 2.75) is 20.3 Å². The summed E-state index contributed by atoms with van der Waals surface area (Å²) in [4.78, 5) is 0. The van der Waals surface area contributed by atoms with Crippen LogP contribution in [0.4, 0.5) is 0 Å². The van der Waals surface area contributed by atoms with Crippen LogP contribution in [0.5, 0.6) is 0 Å². The topological polar surface area (TPSA) is 67.4 Å². The Balaban J connectivity index is 3.10. The summed E-state index contributed by atoms with van der Waals surface area (Å²) >= 11 is 0. The molecule has 0 saturated carbocycles. The molecule has 5 nitrogen and oxygen atoms in total. The highest BCUT2D eigenvalue weighted by atomic mass is 32.2. The lowest BCUT2D eigenvalue weighted by atomic mass is 10.2. The minimum atomic E-state index is -3.04. The van der Waals surface area contributed by atoms with Crippen molar-refractivity contribution in [1.29, 1.82) is 0 Å². The van der Waals surface area contributed by atoms with Gasteiger partial charge in [-0.15, -0.1) is 0 Å². The summed E-state index contributed by atoms with van der Waals surface area (Å²) in [5, 5.41) is 3.19. The molecule has 0 aromatic heterocycles. The molecule has 0 atom stereocenters. The van der Waals surface area contributed by atoms with Crippen molar-refractivity contribution < 1.29 is 13.2 Å². The van der Waals surface area contributed by atoms with Crippen LogP contribution in [-0.4, -0.2) is 47.5 Å². The molecule has 0 heterocycles. The van der Waals surface area contributed by atoms with Gasteiger partial charge in [0.15, 0.2) is 0 Å². The monoisotopic (exact) mass is 252 g/mol. The minimum absolute atomic E-state index is 0.485. The highest BCUT2D eigenvalue weighted by molar-refractivity contribution is 7.88. The average molecular weight is 252 g/mol. The Kier molecular flexibility index (Phi) is 8.83. The van der Waals surface area contributed by atoms with Crippen LogP contribution >= 0.6 is 0 Å². The molecule has 2 N–H and O–H groups in total. The first-order valence-electron chi connectivity index (χ1n) is 5.65. The van der Waals surface area contributed by atoms with Gasteiger partial charge in [-0.1, -0.05) is 13.8 Å². The molecular weight excluding hydrogens is 228 g/mol. The van der Waals surface area contributed by atoms with Crippen molar-refractivity contribution >= 4 is 10.0 Å². The molecule has 0 radical (unpaired) electrons. The summed E-state index contributed by atoms with van der Waals surface area (Å²) in [7, 11) is -3.04. The van der Waals surface area contributed by atoms with Crippen LogP contribution in [0.2, 0.25) is 0 Å². The van der Waals surface area contributed by atoms with Crippen LogP contribution in [-0.2, 0) is 14.8 Å². The molecule has 0 aliphatic carbocycles. The molecular formula is C10H24N2O3S. The first-order chi connectivity index (χ1) is 7.42. The smallest absolute Gasteiger partial charge is 0.208 e. The molecule has 0 amide bonds. The van der Waals surface area contributed by atoms with Gasteiger partial charge in [-0.3, -0.25) is 0 Å². The molecule has 0 fully saturated rings. The lowest BCUT2D eigenvalue weighted by Gasteiger charge is -2.08. The van der Waals surface area contributed by atoms with Gasteiger partial charge in [-0.25, -0.2) is 13.1 Å². The summed E-state index contributed by atoms with van der Waals surface area (Å²) in [5.74, 6) is 0.568. The molecule has 0 bridgehead atoms. The third-order valence-corrected chi connectivity index (χ3v) is 2.50. The van der Waals surface area contributed by atoms with E-state index in [4.69, 9.17) is 4.74 Å². The molecule has 0 spiro atoms. The van der Waals surface area contributed by atoms with E-state index in [1.165, 1.54) is 6.26 Å². The van der Waals surface area contributed by atoms with Crippen molar-refractivity contribution in [3.8, 4) is 0 Å². The number of hydrogen-bond donors (Lipinski definition) is 2. The number of rotatable bonds is 10. The Bertz CT molecular complexity index is 253. The average Bonchev–Trinajstić information content (AvgIpc) is 2.13. The summed E-state index contributed by atoms with van der Waals surface area (Å²) in [6.07, 6.45) is 1.96. The van der Waals surface area contributed by atoms with E-state index < -0.39 is 10.0 Å². The fraction of sp³-hybridized carbons (Fsp3) is 1.00. The lowest BCUT2D eigenvalue weighted by Crippen LogP contribution is -2.27. The zero-order valence-corrected chi connectivity index (χ0v) is 11.3. The van der Waals surface area contributed by atoms with Crippen LogP contribution in [0, 0.1) is 5.92 Å². The fourth-order valence-corrected chi connectivity index (χ4v) is 1.57. The number of nitrogens with one attached hydrogen (secondary N) is 2. The Morgan fingerprint density at radius 1 is 1.19 bits per heavy atom. The van der Waals surface area contributed by atoms with Gasteiger partial charge < -0.3 is 10.1 Å². The minimum Gasteiger partial charge on any atom is -0.380 e. The lowest BCUT2D eigenvalue weighted by molar-refractivity contribution is 0.112. The van der Waals surface area contributed by atoms with Gasteiger partial charge in [-0.05, 0) is 18.9 Å². The van der Waals surface area contributed by atoms with E-state index in [0.29, 0.717) is 19.1 Å². The van der Waals surface area contributed by atoms with E-state index in [2.05, 4.69) is 23.9 Å². The highest BCUT2D eigenvalue weighted by Gasteiger charge is 1.98. The predicted molar refractivity (Wildman–Crippen MR) is 66.0 cm³/mol. The molecule has 6 heteroatoms. The quantitative estimate of drug-likeness (QED) is 0.545. The molecule has 0 aromatic carbocycles. The maximum atomic E-state index is 10.7. The summed E-state index contributed by atoms with van der Waals surface area (Å²) in [5.41, 5.74) is 0. The van der Waals surface area contributed by atoms with Gasteiger partial charge in [0, 0.05) is 19.7 Å². The summed E-state index contributed by atoms with van der Waals surface area (Å²) in [6.45, 7) is 7.82. The second-order valence-electron chi connectivity index (χ2n) is 4.24. The van der Waals surface area contributed by atoms with Crippen LogP contribution in [0.15, 0.2) is 0 Å². The molecule has 16 heavy (non-hydrogen) atoms. The second-order valence-corrected chi connectivity index (χ2v) is 6.07. The first kappa shape index (κ1) is 15.8. The Morgan fingerprint density at radius 3 is 2.44 bits per heavy atom. The Labute approximate surface area is 99.0 Å². The predicted octanol–water partition coefficient (Wildman–Crippen LogP) is 0.188. The van der Waals surface area contributed by atoms with Crippen LogP contribution in [0.25, 0.3) is 0 Å². The van der Waals surface area contributed by atoms with Gasteiger partial charge in [0.1, 0.15) is 0 Å². The van der Waals surface area contributed by atoms with Crippen molar-refractivity contribution in [2.24, 2.45) is 5.92 Å². The third kappa shape index (κ3) is 13.8. The van der Waals surface area contributed by atoms with Crippen LogP contribution in [0.3, 0.4) is 0 Å². The zero-order valence-electron chi connectivity index (χ0n) is 10.5. The van der Waals surface area contributed by atoms with E-state index in [1.807, 2.05) is 0 Å². The van der Waals surface area contributed by atoms with Crippen LogP contribution < -0.4 is 10.0 Å². The van der Waals surface area contributed by atoms with Crippen LogP contribution in [0.1, 0.15) is 20.3 Å². The van der Waals surface area contributed by atoms with Gasteiger partial charge in [0.25, 0.3) is 0 Å². The maximum Gasteiger partial charge on any atom is 0.208 e. The number of sulfonamides is 1. The molecule has 0 aromatic rings. The third-order valence-electron chi connectivity index (χ3n) is 1.77. The summed E-state index contributed by atoms with van der Waals surface area (Å²) < 4.78 is 29.3. The van der Waals surface area contributed by atoms with Crippen molar-refractivity contribution in [1.82, 2.24) is 10.0 Å². The summed E-state index contributed by atoms with van der Waals surface area (Å²) in [6, 6.07) is 0. The Hall–Kier alpha value is -0.170. The van der Waals surface area contributed by atoms with E-state index in [0.717, 1.165) is 26.1 Å². The first-order valence-corrected chi connectivity index (χ1v) is 7.54. The largest absolute Gasteiger partial charge is 0.380 e. The maximum absolute atomic E-state index is 10.7. The van der Waals surface area contributed by atoms with Crippen molar-refractivity contribution in [3.63, 3.8) is 0 Å². The standard InChI is InChI=1S/C10H24N2O3S/c1-10(2)9-15-8-7-11-5-4-6-12-16(3,13)14/h10-12H,4-9H2,1-3H3. The fourth-order valence-electron chi connectivity index (χ4n) is 1.06. The van der Waals surface area contributed by atoms with E-state index in [-0.39, 0.29) is 0 Å². The number of ether oxygens (including phenoxy) is 1. The van der Waals surface area contributed by atoms with Gasteiger partial charge in [0.2, 0.25) is 10.0 Å². The number of hydrogen-bond acceptors (Lipinski definition) is 4. The highest BCUT2D eigenvalue weighted by Crippen LogP contribution is 1.90. The molecule has 98 valence electrons.